The summed E-state index contributed by atoms with van der Waals surface area (Å²) in [4.78, 5) is 11.8. The van der Waals surface area contributed by atoms with Crippen LogP contribution in [0.4, 0.5) is 5.69 Å². The van der Waals surface area contributed by atoms with E-state index in [1.807, 2.05) is 0 Å². The van der Waals surface area contributed by atoms with Crippen LogP contribution in [0.5, 0.6) is 0 Å². The molecule has 0 unspecified atom stereocenters. The Morgan fingerprint density at radius 3 is 2.87 bits per heavy atom. The van der Waals surface area contributed by atoms with Gasteiger partial charge in [0.2, 0.25) is 0 Å². The van der Waals surface area contributed by atoms with E-state index < -0.39 is 0 Å². The molecule has 1 aromatic heterocycles. The van der Waals surface area contributed by atoms with Gasteiger partial charge in [0, 0.05) is 23.1 Å². The van der Waals surface area contributed by atoms with Crippen molar-refractivity contribution in [2.75, 3.05) is 5.73 Å². The molecular formula is C10H8ClN3O. The van der Waals surface area contributed by atoms with Gasteiger partial charge in [0.1, 0.15) is 0 Å². The maximum Gasteiger partial charge on any atom is 0.280 e. The quantitative estimate of drug-likeness (QED) is 0.747. The number of hydrogen-bond donors (Lipinski definition) is 1. The van der Waals surface area contributed by atoms with Gasteiger partial charge in [-0.3, -0.25) is 4.79 Å². The Kier molecular flexibility index (Phi) is 2.43. The van der Waals surface area contributed by atoms with E-state index in [2.05, 4.69) is 5.10 Å². The van der Waals surface area contributed by atoms with Crippen molar-refractivity contribution in [2.45, 2.75) is 0 Å². The van der Waals surface area contributed by atoms with Crippen LogP contribution >= 0.6 is 11.6 Å². The van der Waals surface area contributed by atoms with E-state index in [9.17, 15) is 4.79 Å². The molecule has 2 N–H and O–H groups in total. The number of rotatable bonds is 1. The third-order valence-corrected chi connectivity index (χ3v) is 2.19. The molecule has 0 radical (unpaired) electrons. The van der Waals surface area contributed by atoms with Crippen LogP contribution in [0.25, 0.3) is 0 Å². The van der Waals surface area contributed by atoms with Crippen molar-refractivity contribution in [3.05, 3.63) is 47.2 Å². The van der Waals surface area contributed by atoms with Gasteiger partial charge in [0.05, 0.1) is 5.56 Å². The molecule has 0 bridgehead atoms. The van der Waals surface area contributed by atoms with Gasteiger partial charge in [0.25, 0.3) is 5.91 Å². The molecule has 0 aliphatic carbocycles. The van der Waals surface area contributed by atoms with Gasteiger partial charge in [0.15, 0.2) is 0 Å². The predicted molar refractivity (Wildman–Crippen MR) is 57.8 cm³/mol. The van der Waals surface area contributed by atoms with Crippen molar-refractivity contribution in [2.24, 2.45) is 0 Å². The summed E-state index contributed by atoms with van der Waals surface area (Å²) in [7, 11) is 0. The van der Waals surface area contributed by atoms with Crippen molar-refractivity contribution in [3.63, 3.8) is 0 Å². The summed E-state index contributed by atoms with van der Waals surface area (Å²) in [6.07, 6.45) is 3.10. The van der Waals surface area contributed by atoms with E-state index in [0.29, 0.717) is 16.3 Å². The van der Waals surface area contributed by atoms with Crippen LogP contribution in [-0.2, 0) is 0 Å². The smallest absolute Gasteiger partial charge is 0.280 e. The van der Waals surface area contributed by atoms with Crippen molar-refractivity contribution in [1.82, 2.24) is 9.78 Å². The topological polar surface area (TPSA) is 60.9 Å². The fourth-order valence-electron chi connectivity index (χ4n) is 1.24. The molecule has 2 rings (SSSR count). The Hall–Kier alpha value is -1.81. The molecule has 5 heteroatoms. The van der Waals surface area contributed by atoms with Gasteiger partial charge in [-0.2, -0.15) is 5.10 Å². The molecule has 0 atom stereocenters. The molecule has 0 amide bonds. The second-order valence-electron chi connectivity index (χ2n) is 2.99. The van der Waals surface area contributed by atoms with Crippen molar-refractivity contribution < 1.29 is 4.79 Å². The number of nitrogen functional groups attached to an aromatic ring is 1. The number of aromatic nitrogens is 2. The zero-order valence-electron chi connectivity index (χ0n) is 7.72. The largest absolute Gasteiger partial charge is 0.398 e. The normalized spacial score (nSPS) is 10.2. The van der Waals surface area contributed by atoms with Gasteiger partial charge in [-0.05, 0) is 24.3 Å². The van der Waals surface area contributed by atoms with Crippen molar-refractivity contribution in [3.8, 4) is 0 Å². The molecular weight excluding hydrogens is 214 g/mol. The zero-order valence-corrected chi connectivity index (χ0v) is 8.48. The summed E-state index contributed by atoms with van der Waals surface area (Å²) in [5.41, 5.74) is 6.42. The second-order valence-corrected chi connectivity index (χ2v) is 3.42. The molecule has 1 heterocycles. The summed E-state index contributed by atoms with van der Waals surface area (Å²) in [5.74, 6) is -0.269. The second kappa shape index (κ2) is 3.74. The predicted octanol–water partition coefficient (Wildman–Crippen LogP) is 1.81. The van der Waals surface area contributed by atoms with E-state index in [-0.39, 0.29) is 5.91 Å². The summed E-state index contributed by atoms with van der Waals surface area (Å²) in [6, 6.07) is 6.42. The lowest BCUT2D eigenvalue weighted by Gasteiger charge is -2.04. The number of benzene rings is 1. The standard InChI is InChI=1S/C10H8ClN3O/c11-7-2-3-8(9(12)6-7)10(15)14-5-1-4-13-14/h1-6H,12H2. The summed E-state index contributed by atoms with van der Waals surface area (Å²) in [5, 5.41) is 4.34. The van der Waals surface area contributed by atoms with E-state index in [1.54, 1.807) is 24.4 Å². The van der Waals surface area contributed by atoms with Gasteiger partial charge in [-0.25, -0.2) is 4.68 Å². The van der Waals surface area contributed by atoms with Crippen LogP contribution in [0.3, 0.4) is 0 Å². The summed E-state index contributed by atoms with van der Waals surface area (Å²) < 4.78 is 1.22. The number of carbonyl (C=O) groups excluding carboxylic acids is 1. The van der Waals surface area contributed by atoms with Crippen LogP contribution in [0.15, 0.2) is 36.7 Å². The zero-order chi connectivity index (χ0) is 10.8. The van der Waals surface area contributed by atoms with Crippen molar-refractivity contribution >= 4 is 23.2 Å². The van der Waals surface area contributed by atoms with Crippen LogP contribution in [0.2, 0.25) is 5.02 Å². The van der Waals surface area contributed by atoms with Crippen LogP contribution in [0.1, 0.15) is 10.4 Å². The fraction of sp³-hybridized carbons (Fsp3) is 0. The molecule has 0 saturated carbocycles. The lowest BCUT2D eigenvalue weighted by atomic mass is 10.2. The Morgan fingerprint density at radius 2 is 2.27 bits per heavy atom. The van der Waals surface area contributed by atoms with Crippen LogP contribution in [0, 0.1) is 0 Å². The SMILES string of the molecule is Nc1cc(Cl)ccc1C(=O)n1cccn1. The lowest BCUT2D eigenvalue weighted by Crippen LogP contribution is -2.14. The third kappa shape index (κ3) is 1.85. The highest BCUT2D eigenvalue weighted by molar-refractivity contribution is 6.31. The van der Waals surface area contributed by atoms with E-state index in [1.165, 1.54) is 16.9 Å². The molecule has 4 nitrogen and oxygen atoms in total. The molecule has 0 spiro atoms. The Labute approximate surface area is 91.3 Å². The first-order valence-corrected chi connectivity index (χ1v) is 4.65. The highest BCUT2D eigenvalue weighted by Gasteiger charge is 2.11. The third-order valence-electron chi connectivity index (χ3n) is 1.96. The maximum absolute atomic E-state index is 11.8. The summed E-state index contributed by atoms with van der Waals surface area (Å²) in [6.45, 7) is 0. The van der Waals surface area contributed by atoms with Gasteiger partial charge >= 0.3 is 0 Å². The number of nitrogens with two attached hydrogens (primary N) is 1. The number of halogens is 1. The van der Waals surface area contributed by atoms with Crippen molar-refractivity contribution in [1.29, 1.82) is 0 Å². The van der Waals surface area contributed by atoms with Crippen LogP contribution in [-0.4, -0.2) is 15.7 Å². The Morgan fingerprint density at radius 1 is 1.47 bits per heavy atom. The molecule has 0 saturated heterocycles. The first-order valence-electron chi connectivity index (χ1n) is 4.28. The number of carbonyl (C=O) groups is 1. The number of hydrogen-bond acceptors (Lipinski definition) is 3. The van der Waals surface area contributed by atoms with Crippen LogP contribution < -0.4 is 5.73 Å². The average Bonchev–Trinajstić information content (AvgIpc) is 2.69. The molecule has 76 valence electrons. The first kappa shape index (κ1) is 9.73. The first-order chi connectivity index (χ1) is 7.18. The molecule has 0 aliphatic heterocycles. The molecule has 1 aromatic carbocycles. The van der Waals surface area contributed by atoms with E-state index in [4.69, 9.17) is 17.3 Å². The Bertz CT molecular complexity index is 493. The Balaban J connectivity index is 2.42. The minimum Gasteiger partial charge on any atom is -0.398 e. The van der Waals surface area contributed by atoms with Gasteiger partial charge in [-0.15, -0.1) is 0 Å². The lowest BCUT2D eigenvalue weighted by molar-refractivity contribution is 0.0946. The number of nitrogens with zero attached hydrogens (tertiary/aromatic N) is 2. The molecule has 2 aromatic rings. The summed E-state index contributed by atoms with van der Waals surface area (Å²) >= 11 is 5.73. The monoisotopic (exact) mass is 221 g/mol. The molecule has 15 heavy (non-hydrogen) atoms. The average molecular weight is 222 g/mol. The van der Waals surface area contributed by atoms with E-state index in [0.717, 1.165) is 0 Å². The van der Waals surface area contributed by atoms with Gasteiger partial charge < -0.3 is 5.73 Å². The highest BCUT2D eigenvalue weighted by Crippen LogP contribution is 2.18. The highest BCUT2D eigenvalue weighted by atomic mass is 35.5. The fourth-order valence-corrected chi connectivity index (χ4v) is 1.42. The minimum absolute atomic E-state index is 0.269. The number of anilines is 1. The maximum atomic E-state index is 11.8. The minimum atomic E-state index is -0.269. The van der Waals surface area contributed by atoms with Gasteiger partial charge in [-0.1, -0.05) is 11.6 Å². The molecule has 0 fully saturated rings. The van der Waals surface area contributed by atoms with E-state index >= 15 is 0 Å². The molecule has 0 aliphatic rings.